The van der Waals surface area contributed by atoms with Crippen LogP contribution in [0.3, 0.4) is 0 Å². The van der Waals surface area contributed by atoms with Gasteiger partial charge in [0.1, 0.15) is 23.5 Å². The molecule has 0 saturated carbocycles. The Morgan fingerprint density at radius 3 is 2.10 bits per heavy atom. The molecule has 1 radical (unpaired) electrons. The molecule has 0 fully saturated rings. The van der Waals surface area contributed by atoms with E-state index in [9.17, 15) is 19.2 Å². The van der Waals surface area contributed by atoms with E-state index in [1.165, 1.54) is 0 Å². The second kappa shape index (κ2) is 12.3. The minimum Gasteiger partial charge on any atom is -0.234 e. The molecule has 4 nitrogen and oxygen atoms in total. The second-order valence-corrected chi connectivity index (χ2v) is 10.9. The summed E-state index contributed by atoms with van der Waals surface area (Å²) in [7, 11) is 0. The smallest absolute Gasteiger partial charge is 0.135 e. The number of halogens is 2. The van der Waals surface area contributed by atoms with Gasteiger partial charge in [-0.2, -0.15) is 0 Å². The number of benzene rings is 1. The fourth-order valence-electron chi connectivity index (χ4n) is 3.28. The predicted molar refractivity (Wildman–Crippen MR) is 117 cm³/mol. The molecular formula is C21H17BrClMnO4P. The summed E-state index contributed by atoms with van der Waals surface area (Å²) in [6.45, 7) is -2.74. The summed E-state index contributed by atoms with van der Waals surface area (Å²) in [6.07, 6.45) is 4.47. The van der Waals surface area contributed by atoms with Crippen molar-refractivity contribution in [1.29, 1.82) is 0 Å². The third kappa shape index (κ3) is 5.40. The Bertz CT molecular complexity index is 1010. The summed E-state index contributed by atoms with van der Waals surface area (Å²) in [5.41, 5.74) is 1.19. The van der Waals surface area contributed by atoms with Crippen LogP contribution in [0.2, 0.25) is 0 Å². The van der Waals surface area contributed by atoms with Gasteiger partial charge >= 0.3 is 0 Å². The van der Waals surface area contributed by atoms with E-state index in [2.05, 4.69) is 21.6 Å². The van der Waals surface area contributed by atoms with Crippen molar-refractivity contribution in [2.45, 2.75) is 24.9 Å². The fraction of sp³-hybridized carbons (Fsp3) is 0.286. The number of allylic oxidation sites excluding steroid dienone is 5. The van der Waals surface area contributed by atoms with Crippen molar-refractivity contribution in [3.63, 3.8) is 0 Å². The van der Waals surface area contributed by atoms with E-state index in [4.69, 9.17) is 11.6 Å². The average molecular weight is 535 g/mol. The van der Waals surface area contributed by atoms with Gasteiger partial charge < -0.3 is 0 Å². The summed E-state index contributed by atoms with van der Waals surface area (Å²) < 4.78 is 0.307. The summed E-state index contributed by atoms with van der Waals surface area (Å²) in [6, 6.07) is 9.14. The van der Waals surface area contributed by atoms with Gasteiger partial charge in [-0.1, -0.05) is 42.8 Å². The Labute approximate surface area is 193 Å². The molecule has 0 spiro atoms. The van der Waals surface area contributed by atoms with Gasteiger partial charge in [0, 0.05) is 40.0 Å². The third-order valence-corrected chi connectivity index (χ3v) is 9.52. The molecule has 2 unspecified atom stereocenters. The number of alkyl halides is 1. The average Bonchev–Trinajstić information content (AvgIpc) is 2.74. The van der Waals surface area contributed by atoms with Gasteiger partial charge in [-0.25, -0.2) is 19.2 Å². The molecule has 0 bridgehead atoms. The number of unbranched alkanes of at least 4 members (excludes halogenated alkanes) is 2. The Balaban J connectivity index is 0.00000420. The largest absolute Gasteiger partial charge is 0.234 e. The molecule has 2 rings (SSSR count). The molecule has 29 heavy (non-hydrogen) atoms. The monoisotopic (exact) mass is 533 g/mol. The molecule has 1 aliphatic carbocycles. The minimum atomic E-state index is -2.74. The molecule has 0 amide bonds. The van der Waals surface area contributed by atoms with Crippen LogP contribution in [0.1, 0.15) is 19.3 Å². The molecule has 151 valence electrons. The standard InChI is InChI=1S/C21H17BrClO4P.Mn/c22-20-11-21(19(14-26)17(12-24)18(20)13-25)28(15-27,10-6-2-5-9-23)16-7-3-1-4-8-16;/h1,3-4,7-8,11,21H,2,5-6,9-10H2;. The summed E-state index contributed by atoms with van der Waals surface area (Å²) in [5.74, 6) is 5.63. The van der Waals surface area contributed by atoms with Crippen LogP contribution < -0.4 is 5.30 Å². The van der Waals surface area contributed by atoms with E-state index in [-0.39, 0.29) is 33.8 Å². The van der Waals surface area contributed by atoms with Crippen molar-refractivity contribution >= 4 is 63.2 Å². The van der Waals surface area contributed by atoms with Crippen LogP contribution in [0.5, 0.6) is 0 Å². The second-order valence-electron chi connectivity index (χ2n) is 6.20. The summed E-state index contributed by atoms with van der Waals surface area (Å²) >= 11 is 9.03. The van der Waals surface area contributed by atoms with Crippen LogP contribution >= 0.6 is 34.4 Å². The first-order valence-electron chi connectivity index (χ1n) is 8.62. The number of rotatable bonds is 7. The van der Waals surface area contributed by atoms with Gasteiger partial charge in [0.25, 0.3) is 0 Å². The molecule has 1 aromatic carbocycles. The van der Waals surface area contributed by atoms with Crippen molar-refractivity contribution in [1.82, 2.24) is 0 Å². The van der Waals surface area contributed by atoms with Crippen molar-refractivity contribution in [2.75, 3.05) is 12.0 Å². The van der Waals surface area contributed by atoms with E-state index in [1.807, 2.05) is 30.3 Å². The van der Waals surface area contributed by atoms with Crippen LogP contribution in [0.15, 0.2) is 57.6 Å². The zero-order valence-corrected chi connectivity index (χ0v) is 19.7. The number of hydrogen-bond acceptors (Lipinski definition) is 4. The zero-order valence-electron chi connectivity index (χ0n) is 15.3. The van der Waals surface area contributed by atoms with E-state index in [1.54, 1.807) is 23.9 Å². The molecule has 0 aliphatic heterocycles. The Kier molecular flexibility index (Phi) is 10.9. The molecule has 0 heterocycles. The van der Waals surface area contributed by atoms with Gasteiger partial charge in [0.15, 0.2) is 0 Å². The molecule has 2 atom stereocenters. The molecule has 0 saturated heterocycles. The van der Waals surface area contributed by atoms with Crippen LogP contribution in [-0.4, -0.2) is 41.2 Å². The van der Waals surface area contributed by atoms with Crippen LogP contribution in [0.25, 0.3) is 0 Å². The van der Waals surface area contributed by atoms with Crippen molar-refractivity contribution in [3.8, 4) is 0 Å². The van der Waals surface area contributed by atoms with Gasteiger partial charge in [-0.05, 0) is 40.2 Å². The predicted octanol–water partition coefficient (Wildman–Crippen LogP) is 3.74. The summed E-state index contributed by atoms with van der Waals surface area (Å²) in [4.78, 5) is 47.0. The van der Waals surface area contributed by atoms with Gasteiger partial charge in [-0.15, -0.1) is 11.6 Å². The fourth-order valence-corrected chi connectivity index (χ4v) is 7.84. The Morgan fingerprint density at radius 2 is 1.59 bits per heavy atom. The minimum absolute atomic E-state index is 0. The van der Waals surface area contributed by atoms with Crippen LogP contribution in [0, 0.1) is 0 Å². The molecule has 8 heteroatoms. The quantitative estimate of drug-likeness (QED) is 0.176. The van der Waals surface area contributed by atoms with Crippen molar-refractivity contribution in [3.05, 3.63) is 57.6 Å². The molecule has 1 aliphatic rings. The van der Waals surface area contributed by atoms with E-state index >= 15 is 0 Å². The summed E-state index contributed by atoms with van der Waals surface area (Å²) in [5, 5.41) is 0.772. The van der Waals surface area contributed by atoms with Gasteiger partial charge in [0.2, 0.25) is 0 Å². The van der Waals surface area contributed by atoms with Crippen LogP contribution in [0.4, 0.5) is 0 Å². The first kappa shape index (κ1) is 25.6. The molecular weight excluding hydrogens is 517 g/mol. The number of carbonyl (C=O) groups excluding carboxylic acids is 4. The first-order valence-corrected chi connectivity index (χ1v) is 12.0. The SMILES string of the molecule is O=C=C1C(=C=O)C(Br)=CC(P(=C=O)(CCCCCCl)c2ccccc2)C1=C=O.[Mn]. The van der Waals surface area contributed by atoms with Crippen molar-refractivity contribution in [2.24, 2.45) is 0 Å². The number of hydrogen-bond donors (Lipinski definition) is 0. The topological polar surface area (TPSA) is 68.3 Å². The third-order valence-electron chi connectivity index (χ3n) is 4.67. The van der Waals surface area contributed by atoms with E-state index < -0.39 is 12.5 Å². The Morgan fingerprint density at radius 1 is 0.931 bits per heavy atom. The Hall–Kier alpha value is -1.39. The molecule has 0 N–H and O–H groups in total. The first-order chi connectivity index (χ1) is 13.6. The maximum absolute atomic E-state index is 12.4. The zero-order chi connectivity index (χ0) is 20.6. The van der Waals surface area contributed by atoms with Crippen molar-refractivity contribution < 1.29 is 36.2 Å². The van der Waals surface area contributed by atoms with Gasteiger partial charge in [0.05, 0.1) is 16.7 Å². The molecule has 0 aromatic heterocycles. The molecule has 1 aromatic rings. The van der Waals surface area contributed by atoms with E-state index in [0.717, 1.165) is 24.6 Å². The maximum Gasteiger partial charge on any atom is 0.135 e. The normalized spacial score (nSPS) is 17.7. The van der Waals surface area contributed by atoms with E-state index in [0.29, 0.717) is 16.5 Å². The van der Waals surface area contributed by atoms with Gasteiger partial charge in [-0.3, -0.25) is 0 Å². The van der Waals surface area contributed by atoms with Crippen LogP contribution in [-0.2, 0) is 36.2 Å². The maximum atomic E-state index is 12.4.